The van der Waals surface area contributed by atoms with Crippen LogP contribution in [0.3, 0.4) is 0 Å². The molecule has 3 atom stereocenters. The molecule has 2 aromatic carbocycles. The van der Waals surface area contributed by atoms with E-state index in [4.69, 9.17) is 0 Å². The van der Waals surface area contributed by atoms with Crippen LogP contribution in [0, 0.1) is 0 Å². The fourth-order valence-electron chi connectivity index (χ4n) is 3.55. The molecule has 0 aromatic heterocycles. The van der Waals surface area contributed by atoms with Crippen molar-refractivity contribution in [2.24, 2.45) is 0 Å². The molecule has 0 unspecified atom stereocenters. The number of hydrogen-bond donors (Lipinski definition) is 2. The predicted molar refractivity (Wildman–Crippen MR) is 70.2 cm³/mol. The average Bonchev–Trinajstić information content (AvgIpc) is 2.70. The van der Waals surface area contributed by atoms with Crippen LogP contribution in [0.25, 0.3) is 0 Å². The Kier molecular flexibility index (Phi) is 1.84. The topological polar surface area (TPSA) is 32.3 Å². The Hall–Kier alpha value is -1.64. The molecule has 0 radical (unpaired) electrons. The first-order chi connectivity index (χ1) is 8.72. The summed E-state index contributed by atoms with van der Waals surface area (Å²) in [5, 5.41) is 14.1. The largest absolute Gasteiger partial charge is 0.386 e. The summed E-state index contributed by atoms with van der Waals surface area (Å²) in [4.78, 5) is 0. The summed E-state index contributed by atoms with van der Waals surface area (Å²) >= 11 is 0. The van der Waals surface area contributed by atoms with Crippen LogP contribution in [0.2, 0.25) is 0 Å². The number of fused-ring (bicyclic) bond motifs is 7. The van der Waals surface area contributed by atoms with Gasteiger partial charge in [-0.25, -0.2) is 0 Å². The number of rotatable bonds is 0. The zero-order valence-electron chi connectivity index (χ0n) is 10.2. The first-order valence-electron chi connectivity index (χ1n) is 6.36. The van der Waals surface area contributed by atoms with Gasteiger partial charge >= 0.3 is 0 Å². The van der Waals surface area contributed by atoms with Crippen LogP contribution in [0.4, 0.5) is 0 Å². The Balaban J connectivity index is 2.08. The lowest BCUT2D eigenvalue weighted by atomic mass is 9.82. The second-order valence-electron chi connectivity index (χ2n) is 5.37. The first kappa shape index (κ1) is 10.3. The van der Waals surface area contributed by atoms with E-state index in [9.17, 15) is 5.11 Å². The highest BCUT2D eigenvalue weighted by molar-refractivity contribution is 5.55. The smallest absolute Gasteiger partial charge is 0.0988 e. The van der Waals surface area contributed by atoms with E-state index >= 15 is 0 Å². The van der Waals surface area contributed by atoms with Gasteiger partial charge in [-0.1, -0.05) is 48.5 Å². The maximum atomic E-state index is 10.5. The van der Waals surface area contributed by atoms with E-state index in [2.05, 4.69) is 36.5 Å². The standard InChI is InChI=1S/C16H15NO/c1-16-12-8-4-2-6-10(12)14(17-16)15(18)11-7-3-5-9-13(11)16/h2-9,14-15,17-18H,1H3/t14-,15+,16+/m0/s1. The van der Waals surface area contributed by atoms with Gasteiger partial charge in [-0.2, -0.15) is 0 Å². The van der Waals surface area contributed by atoms with Crippen LogP contribution >= 0.6 is 0 Å². The van der Waals surface area contributed by atoms with Crippen LogP contribution in [-0.4, -0.2) is 5.11 Å². The van der Waals surface area contributed by atoms with E-state index in [1.54, 1.807) is 0 Å². The molecule has 0 saturated carbocycles. The Labute approximate surface area is 106 Å². The Morgan fingerprint density at radius 2 is 1.50 bits per heavy atom. The Morgan fingerprint density at radius 1 is 0.944 bits per heavy atom. The summed E-state index contributed by atoms with van der Waals surface area (Å²) in [7, 11) is 0. The zero-order valence-corrected chi connectivity index (χ0v) is 10.2. The van der Waals surface area contributed by atoms with Gasteiger partial charge in [0.05, 0.1) is 17.7 Å². The summed E-state index contributed by atoms with van der Waals surface area (Å²) in [6, 6.07) is 16.6. The lowest BCUT2D eigenvalue weighted by Gasteiger charge is -2.37. The van der Waals surface area contributed by atoms with Gasteiger partial charge in [-0.15, -0.1) is 0 Å². The molecule has 2 nitrogen and oxygen atoms in total. The number of hydrogen-bond acceptors (Lipinski definition) is 2. The van der Waals surface area contributed by atoms with Crippen molar-refractivity contribution in [2.45, 2.75) is 24.6 Å². The molecule has 4 rings (SSSR count). The van der Waals surface area contributed by atoms with Crippen LogP contribution in [-0.2, 0) is 5.54 Å². The maximum absolute atomic E-state index is 10.5. The summed E-state index contributed by atoms with van der Waals surface area (Å²) in [5.74, 6) is 0. The van der Waals surface area contributed by atoms with Crippen molar-refractivity contribution in [2.75, 3.05) is 0 Å². The van der Waals surface area contributed by atoms with Crippen molar-refractivity contribution >= 4 is 0 Å². The van der Waals surface area contributed by atoms with E-state index in [1.165, 1.54) is 16.7 Å². The molecule has 0 saturated heterocycles. The number of benzene rings is 2. The normalized spacial score (nSPS) is 31.9. The van der Waals surface area contributed by atoms with Crippen molar-refractivity contribution in [3.63, 3.8) is 0 Å². The number of aliphatic hydroxyl groups is 1. The summed E-state index contributed by atoms with van der Waals surface area (Å²) in [5.41, 5.74) is 4.60. The zero-order chi connectivity index (χ0) is 12.3. The van der Waals surface area contributed by atoms with Gasteiger partial charge in [0.2, 0.25) is 0 Å². The van der Waals surface area contributed by atoms with Gasteiger partial charge in [-0.3, -0.25) is 5.32 Å². The maximum Gasteiger partial charge on any atom is 0.0988 e. The van der Waals surface area contributed by atoms with Crippen LogP contribution in [0.15, 0.2) is 48.5 Å². The van der Waals surface area contributed by atoms with Gasteiger partial charge in [-0.05, 0) is 29.2 Å². The van der Waals surface area contributed by atoms with Gasteiger partial charge in [0.15, 0.2) is 0 Å². The lowest BCUT2D eigenvalue weighted by Crippen LogP contribution is -2.43. The van der Waals surface area contributed by atoms with Crippen molar-refractivity contribution in [3.8, 4) is 0 Å². The lowest BCUT2D eigenvalue weighted by molar-refractivity contribution is 0.109. The van der Waals surface area contributed by atoms with Crippen LogP contribution in [0.5, 0.6) is 0 Å². The molecule has 2 heteroatoms. The minimum atomic E-state index is -0.460. The number of nitrogens with one attached hydrogen (secondary N) is 1. The van der Waals surface area contributed by atoms with Crippen molar-refractivity contribution in [3.05, 3.63) is 70.8 Å². The molecule has 2 heterocycles. The molecule has 2 aliphatic heterocycles. The summed E-state index contributed by atoms with van der Waals surface area (Å²) in [6.45, 7) is 2.20. The third-order valence-corrected chi connectivity index (χ3v) is 4.41. The summed E-state index contributed by atoms with van der Waals surface area (Å²) < 4.78 is 0. The molecule has 18 heavy (non-hydrogen) atoms. The van der Waals surface area contributed by atoms with E-state index in [-0.39, 0.29) is 11.6 Å². The molecular formula is C16H15NO. The fourth-order valence-corrected chi connectivity index (χ4v) is 3.55. The average molecular weight is 237 g/mol. The minimum absolute atomic E-state index is 0.0149. The van der Waals surface area contributed by atoms with E-state index in [0.717, 1.165) is 5.56 Å². The minimum Gasteiger partial charge on any atom is -0.386 e. The van der Waals surface area contributed by atoms with Crippen LogP contribution < -0.4 is 5.32 Å². The van der Waals surface area contributed by atoms with Gasteiger partial charge < -0.3 is 5.11 Å². The van der Waals surface area contributed by atoms with E-state index in [1.807, 2.05) is 24.3 Å². The van der Waals surface area contributed by atoms with Gasteiger partial charge in [0.25, 0.3) is 0 Å². The van der Waals surface area contributed by atoms with Gasteiger partial charge in [0.1, 0.15) is 0 Å². The van der Waals surface area contributed by atoms with Gasteiger partial charge in [0, 0.05) is 0 Å². The van der Waals surface area contributed by atoms with Crippen LogP contribution in [0.1, 0.15) is 41.3 Å². The number of aliphatic hydroxyl groups excluding tert-OH is 1. The highest BCUT2D eigenvalue weighted by atomic mass is 16.3. The van der Waals surface area contributed by atoms with Crippen molar-refractivity contribution < 1.29 is 5.11 Å². The molecule has 90 valence electrons. The molecular weight excluding hydrogens is 222 g/mol. The second kappa shape index (κ2) is 3.22. The molecule has 0 spiro atoms. The Bertz CT molecular complexity index is 636. The van der Waals surface area contributed by atoms with E-state index in [0.29, 0.717) is 0 Å². The third-order valence-electron chi connectivity index (χ3n) is 4.41. The third kappa shape index (κ3) is 1.05. The predicted octanol–water partition coefficient (Wildman–Crippen LogP) is 2.64. The molecule has 2 aliphatic rings. The highest BCUT2D eigenvalue weighted by Gasteiger charge is 2.49. The molecule has 0 aliphatic carbocycles. The van der Waals surface area contributed by atoms with Crippen molar-refractivity contribution in [1.29, 1.82) is 0 Å². The molecule has 2 aromatic rings. The quantitative estimate of drug-likeness (QED) is 0.738. The first-order valence-corrected chi connectivity index (χ1v) is 6.36. The molecule has 2 bridgehead atoms. The second-order valence-corrected chi connectivity index (χ2v) is 5.37. The molecule has 0 fully saturated rings. The monoisotopic (exact) mass is 237 g/mol. The van der Waals surface area contributed by atoms with Crippen molar-refractivity contribution in [1.82, 2.24) is 5.32 Å². The Morgan fingerprint density at radius 3 is 2.22 bits per heavy atom. The SMILES string of the molecule is C[C@@]12N[C@@H](c3ccccc31)[C@H](O)c1ccccc12. The van der Waals surface area contributed by atoms with E-state index < -0.39 is 6.10 Å². The fraction of sp³-hybridized carbons (Fsp3) is 0.250. The highest BCUT2D eigenvalue weighted by Crippen LogP contribution is 2.52. The molecule has 2 N–H and O–H groups in total. The summed E-state index contributed by atoms with van der Waals surface area (Å²) in [6.07, 6.45) is -0.460. The molecule has 0 amide bonds.